The molecule has 0 aliphatic carbocycles. The van der Waals surface area contributed by atoms with Crippen LogP contribution in [0.25, 0.3) is 0 Å². The van der Waals surface area contributed by atoms with E-state index in [1.165, 1.54) is 0 Å². The highest BCUT2D eigenvalue weighted by molar-refractivity contribution is 5.84. The summed E-state index contributed by atoms with van der Waals surface area (Å²) in [5.74, 6) is -0.393. The van der Waals surface area contributed by atoms with Crippen LogP contribution in [0, 0.1) is 5.92 Å². The number of nitrogens with one attached hydrogen (secondary N) is 1. The fourth-order valence-corrected chi connectivity index (χ4v) is 2.12. The second kappa shape index (κ2) is 8.41. The highest BCUT2D eigenvalue weighted by Gasteiger charge is 2.21. The quantitative estimate of drug-likeness (QED) is 0.774. The van der Waals surface area contributed by atoms with E-state index < -0.39 is 12.0 Å². The fraction of sp³-hybridized carbons (Fsp3) is 0.529. The maximum absolute atomic E-state index is 12.0. The van der Waals surface area contributed by atoms with Gasteiger partial charge < -0.3 is 15.2 Å². The van der Waals surface area contributed by atoms with Gasteiger partial charge in [-0.25, -0.2) is 4.79 Å². The van der Waals surface area contributed by atoms with Crippen molar-refractivity contribution in [3.63, 3.8) is 0 Å². The molecule has 1 aromatic carbocycles. The van der Waals surface area contributed by atoms with Gasteiger partial charge in [0.05, 0.1) is 12.5 Å². The highest BCUT2D eigenvalue weighted by Crippen LogP contribution is 2.15. The van der Waals surface area contributed by atoms with Crippen molar-refractivity contribution in [2.75, 3.05) is 0 Å². The Bertz CT molecular complexity index is 511. The third kappa shape index (κ3) is 6.61. The Morgan fingerprint density at radius 2 is 1.91 bits per heavy atom. The second-order valence-corrected chi connectivity index (χ2v) is 6.08. The third-order valence-electron chi connectivity index (χ3n) is 2.98. The van der Waals surface area contributed by atoms with Crippen molar-refractivity contribution in [1.29, 1.82) is 0 Å². The van der Waals surface area contributed by atoms with Gasteiger partial charge in [0.1, 0.15) is 11.8 Å². The lowest BCUT2D eigenvalue weighted by Gasteiger charge is -2.16. The molecule has 0 heterocycles. The minimum atomic E-state index is -1.00. The SMILES string of the molecule is CC(C)CC(NC(=O)Cc1cccc(OC(C)C)c1)C(=O)O. The molecule has 1 rings (SSSR count). The summed E-state index contributed by atoms with van der Waals surface area (Å²) in [6, 6.07) is 6.44. The predicted octanol–water partition coefficient (Wildman–Crippen LogP) is 2.63. The van der Waals surface area contributed by atoms with Gasteiger partial charge >= 0.3 is 5.97 Å². The van der Waals surface area contributed by atoms with Gasteiger partial charge in [0.15, 0.2) is 0 Å². The number of ether oxygens (including phenoxy) is 1. The lowest BCUT2D eigenvalue weighted by atomic mass is 10.0. The molecule has 0 spiro atoms. The monoisotopic (exact) mass is 307 g/mol. The number of hydrogen-bond acceptors (Lipinski definition) is 3. The molecule has 22 heavy (non-hydrogen) atoms. The van der Waals surface area contributed by atoms with Crippen LogP contribution in [0.2, 0.25) is 0 Å². The molecule has 1 unspecified atom stereocenters. The van der Waals surface area contributed by atoms with E-state index in [4.69, 9.17) is 9.84 Å². The average Bonchev–Trinajstić information content (AvgIpc) is 2.36. The zero-order valence-electron chi connectivity index (χ0n) is 13.6. The molecule has 0 fully saturated rings. The van der Waals surface area contributed by atoms with E-state index >= 15 is 0 Å². The smallest absolute Gasteiger partial charge is 0.326 e. The van der Waals surface area contributed by atoms with Gasteiger partial charge in [0.2, 0.25) is 5.91 Å². The van der Waals surface area contributed by atoms with Crippen molar-refractivity contribution in [3.8, 4) is 5.75 Å². The maximum Gasteiger partial charge on any atom is 0.326 e. The minimum Gasteiger partial charge on any atom is -0.491 e. The lowest BCUT2D eigenvalue weighted by Crippen LogP contribution is -2.42. The Kier molecular flexibility index (Phi) is 6.89. The van der Waals surface area contributed by atoms with Gasteiger partial charge in [0, 0.05) is 0 Å². The van der Waals surface area contributed by atoms with Crippen molar-refractivity contribution < 1.29 is 19.4 Å². The van der Waals surface area contributed by atoms with Gasteiger partial charge in [-0.2, -0.15) is 0 Å². The van der Waals surface area contributed by atoms with E-state index in [0.717, 1.165) is 5.56 Å². The third-order valence-corrected chi connectivity index (χ3v) is 2.98. The number of carbonyl (C=O) groups excluding carboxylic acids is 1. The molecule has 122 valence electrons. The first-order valence-electron chi connectivity index (χ1n) is 7.55. The van der Waals surface area contributed by atoms with Crippen LogP contribution in [-0.4, -0.2) is 29.1 Å². The van der Waals surface area contributed by atoms with Gasteiger partial charge in [-0.05, 0) is 43.9 Å². The molecule has 0 aromatic heterocycles. The second-order valence-electron chi connectivity index (χ2n) is 6.08. The molecule has 0 radical (unpaired) electrons. The van der Waals surface area contributed by atoms with Crippen LogP contribution in [0.15, 0.2) is 24.3 Å². The Labute approximate surface area is 131 Å². The number of carboxylic acid groups (broad SMARTS) is 1. The number of amides is 1. The van der Waals surface area contributed by atoms with Crippen LogP contribution < -0.4 is 10.1 Å². The Hall–Kier alpha value is -2.04. The number of hydrogen-bond donors (Lipinski definition) is 2. The summed E-state index contributed by atoms with van der Waals surface area (Å²) in [5.41, 5.74) is 0.796. The normalized spacial score (nSPS) is 12.3. The van der Waals surface area contributed by atoms with Crippen molar-refractivity contribution >= 4 is 11.9 Å². The van der Waals surface area contributed by atoms with Crippen molar-refractivity contribution in [2.45, 2.75) is 52.7 Å². The minimum absolute atomic E-state index is 0.0616. The predicted molar refractivity (Wildman–Crippen MR) is 84.9 cm³/mol. The number of aliphatic carboxylic acids is 1. The number of benzene rings is 1. The van der Waals surface area contributed by atoms with E-state index in [9.17, 15) is 9.59 Å². The molecule has 1 aromatic rings. The largest absolute Gasteiger partial charge is 0.491 e. The molecule has 0 aliphatic heterocycles. The molecule has 2 N–H and O–H groups in total. The Morgan fingerprint density at radius 3 is 2.45 bits per heavy atom. The Morgan fingerprint density at radius 1 is 1.23 bits per heavy atom. The van der Waals surface area contributed by atoms with E-state index in [1.54, 1.807) is 6.07 Å². The van der Waals surface area contributed by atoms with Crippen molar-refractivity contribution in [1.82, 2.24) is 5.32 Å². The highest BCUT2D eigenvalue weighted by atomic mass is 16.5. The fourth-order valence-electron chi connectivity index (χ4n) is 2.12. The summed E-state index contributed by atoms with van der Waals surface area (Å²) in [4.78, 5) is 23.2. The Balaban J connectivity index is 2.65. The molecule has 0 aliphatic rings. The molecular weight excluding hydrogens is 282 g/mol. The zero-order chi connectivity index (χ0) is 16.7. The molecule has 0 bridgehead atoms. The first-order chi connectivity index (χ1) is 10.3. The summed E-state index contributed by atoms with van der Waals surface area (Å²) in [6.07, 6.45) is 0.612. The van der Waals surface area contributed by atoms with Crippen LogP contribution in [0.5, 0.6) is 5.75 Å². The molecule has 1 amide bonds. The standard InChI is InChI=1S/C17H25NO4/c1-11(2)8-15(17(20)21)18-16(19)10-13-6-5-7-14(9-13)22-12(3)4/h5-7,9,11-12,15H,8,10H2,1-4H3,(H,18,19)(H,20,21). The molecule has 0 saturated carbocycles. The molecule has 5 nitrogen and oxygen atoms in total. The summed E-state index contributed by atoms with van der Waals surface area (Å²) >= 11 is 0. The van der Waals surface area contributed by atoms with E-state index in [1.807, 2.05) is 45.9 Å². The lowest BCUT2D eigenvalue weighted by molar-refractivity contribution is -0.142. The molecule has 0 saturated heterocycles. The van der Waals surface area contributed by atoms with Crippen LogP contribution >= 0.6 is 0 Å². The maximum atomic E-state index is 12.0. The summed E-state index contributed by atoms with van der Waals surface area (Å²) in [7, 11) is 0. The van der Waals surface area contributed by atoms with E-state index in [-0.39, 0.29) is 24.3 Å². The topological polar surface area (TPSA) is 75.6 Å². The summed E-state index contributed by atoms with van der Waals surface area (Å²) in [5, 5.41) is 11.7. The van der Waals surface area contributed by atoms with Crippen molar-refractivity contribution in [3.05, 3.63) is 29.8 Å². The van der Waals surface area contributed by atoms with Gasteiger partial charge in [-0.1, -0.05) is 26.0 Å². The zero-order valence-corrected chi connectivity index (χ0v) is 13.6. The average molecular weight is 307 g/mol. The molecule has 1 atom stereocenters. The van der Waals surface area contributed by atoms with Gasteiger partial charge in [-0.3, -0.25) is 4.79 Å². The number of rotatable bonds is 8. The van der Waals surface area contributed by atoms with Crippen molar-refractivity contribution in [2.24, 2.45) is 5.92 Å². The van der Waals surface area contributed by atoms with Gasteiger partial charge in [0.25, 0.3) is 0 Å². The van der Waals surface area contributed by atoms with Crippen LogP contribution in [-0.2, 0) is 16.0 Å². The molecular formula is C17H25NO4. The summed E-state index contributed by atoms with van der Waals surface area (Å²) in [6.45, 7) is 7.72. The summed E-state index contributed by atoms with van der Waals surface area (Å²) < 4.78 is 5.58. The van der Waals surface area contributed by atoms with Crippen LogP contribution in [0.1, 0.15) is 39.7 Å². The number of carboxylic acids is 1. The molecule has 5 heteroatoms. The first-order valence-corrected chi connectivity index (χ1v) is 7.55. The number of carbonyl (C=O) groups is 2. The van der Waals surface area contributed by atoms with E-state index in [2.05, 4.69) is 5.32 Å². The first kappa shape index (κ1) is 18.0. The van der Waals surface area contributed by atoms with Crippen LogP contribution in [0.3, 0.4) is 0 Å². The van der Waals surface area contributed by atoms with Gasteiger partial charge in [-0.15, -0.1) is 0 Å². The van der Waals surface area contributed by atoms with E-state index in [0.29, 0.717) is 12.2 Å². The van der Waals surface area contributed by atoms with Crippen LogP contribution in [0.4, 0.5) is 0 Å².